The van der Waals surface area contributed by atoms with E-state index in [0.717, 1.165) is 0 Å². The van der Waals surface area contributed by atoms with Crippen molar-refractivity contribution in [1.29, 1.82) is 0 Å². The van der Waals surface area contributed by atoms with Gasteiger partial charge in [-0.25, -0.2) is 4.79 Å². The predicted octanol–water partition coefficient (Wildman–Crippen LogP) is 1.84. The fourth-order valence-electron chi connectivity index (χ4n) is 2.05. The van der Waals surface area contributed by atoms with Gasteiger partial charge in [0.15, 0.2) is 0 Å². The minimum atomic E-state index is -0.887. The van der Waals surface area contributed by atoms with Crippen LogP contribution in [-0.4, -0.2) is 32.7 Å². The van der Waals surface area contributed by atoms with Crippen molar-refractivity contribution in [1.82, 2.24) is 9.78 Å². The number of esters is 1. The van der Waals surface area contributed by atoms with E-state index in [2.05, 4.69) is 9.84 Å². The highest BCUT2D eigenvalue weighted by molar-refractivity contribution is 5.89. The van der Waals surface area contributed by atoms with Gasteiger partial charge in [-0.1, -0.05) is 12.1 Å². The van der Waals surface area contributed by atoms with Gasteiger partial charge in [-0.3, -0.25) is 10.1 Å². The summed E-state index contributed by atoms with van der Waals surface area (Å²) in [7, 11) is 1.27. The summed E-state index contributed by atoms with van der Waals surface area (Å²) in [5, 5.41) is 25.5. The second-order valence-corrected chi connectivity index (χ2v) is 4.62. The van der Waals surface area contributed by atoms with Crippen molar-refractivity contribution in [2.75, 3.05) is 7.11 Å². The van der Waals surface area contributed by atoms with Gasteiger partial charge in [0.1, 0.15) is 5.69 Å². The monoisotopic (exact) mass is 320 g/mol. The molecule has 0 atom stereocenters. The number of nitro groups is 2. The summed E-state index contributed by atoms with van der Waals surface area (Å²) >= 11 is 0. The van der Waals surface area contributed by atoms with Gasteiger partial charge in [0, 0.05) is 0 Å². The molecule has 0 aliphatic rings. The van der Waals surface area contributed by atoms with Crippen molar-refractivity contribution in [3.63, 3.8) is 0 Å². The van der Waals surface area contributed by atoms with Gasteiger partial charge < -0.3 is 14.9 Å². The topological polar surface area (TPSA) is 130 Å². The molecule has 10 nitrogen and oxygen atoms in total. The molecule has 0 aliphatic heterocycles. The van der Waals surface area contributed by atoms with Crippen molar-refractivity contribution < 1.29 is 19.4 Å². The quantitative estimate of drug-likeness (QED) is 0.466. The second-order valence-electron chi connectivity index (χ2n) is 4.62. The molecule has 0 saturated carbocycles. The molecule has 0 radical (unpaired) electrons. The minimum absolute atomic E-state index is 0.0822. The molecule has 0 amide bonds. The van der Waals surface area contributed by atoms with Crippen molar-refractivity contribution in [2.45, 2.75) is 13.5 Å². The van der Waals surface area contributed by atoms with Crippen LogP contribution in [0.25, 0.3) is 0 Å². The Bertz CT molecular complexity index is 781. The number of methoxy groups -OCH3 is 1. The van der Waals surface area contributed by atoms with Crippen molar-refractivity contribution in [3.05, 3.63) is 61.3 Å². The molecular weight excluding hydrogens is 308 g/mol. The maximum Gasteiger partial charge on any atom is 0.468 e. The number of rotatable bonds is 5. The first kappa shape index (κ1) is 16.1. The van der Waals surface area contributed by atoms with Gasteiger partial charge in [0.05, 0.1) is 29.2 Å². The SMILES string of the molecule is COC(=O)c1ccc(Cn2nc([N+](=O)[O-])c([N+](=O)[O-])c2C)cc1. The van der Waals surface area contributed by atoms with E-state index >= 15 is 0 Å². The lowest BCUT2D eigenvalue weighted by atomic mass is 10.1. The molecule has 0 spiro atoms. The van der Waals surface area contributed by atoms with Crippen LogP contribution in [0.1, 0.15) is 21.6 Å². The molecular formula is C13H12N4O6. The Morgan fingerprint density at radius 3 is 2.26 bits per heavy atom. The third-order valence-corrected chi connectivity index (χ3v) is 3.22. The highest BCUT2D eigenvalue weighted by Crippen LogP contribution is 2.29. The molecule has 0 N–H and O–H groups in total. The van der Waals surface area contributed by atoms with E-state index in [9.17, 15) is 25.0 Å². The molecule has 1 aromatic heterocycles. The maximum absolute atomic E-state index is 11.3. The zero-order valence-corrected chi connectivity index (χ0v) is 12.3. The highest BCUT2D eigenvalue weighted by atomic mass is 16.6. The first-order valence-electron chi connectivity index (χ1n) is 6.38. The van der Waals surface area contributed by atoms with Crippen LogP contribution in [-0.2, 0) is 11.3 Å². The van der Waals surface area contributed by atoms with Crippen LogP contribution in [0.15, 0.2) is 24.3 Å². The lowest BCUT2D eigenvalue weighted by Gasteiger charge is -2.02. The number of carbonyl (C=O) groups excluding carboxylic acids is 1. The van der Waals surface area contributed by atoms with Gasteiger partial charge in [-0.05, 0) is 29.5 Å². The fraction of sp³-hybridized carbons (Fsp3) is 0.231. The van der Waals surface area contributed by atoms with Gasteiger partial charge >= 0.3 is 17.5 Å². The average Bonchev–Trinajstić information content (AvgIpc) is 2.84. The largest absolute Gasteiger partial charge is 0.468 e. The average molecular weight is 320 g/mol. The molecule has 0 bridgehead atoms. The van der Waals surface area contributed by atoms with Crippen molar-refractivity contribution >= 4 is 17.5 Å². The fourth-order valence-corrected chi connectivity index (χ4v) is 2.05. The van der Waals surface area contributed by atoms with Gasteiger partial charge in [-0.15, -0.1) is 0 Å². The van der Waals surface area contributed by atoms with Crippen molar-refractivity contribution in [3.8, 4) is 0 Å². The van der Waals surface area contributed by atoms with Crippen LogP contribution >= 0.6 is 0 Å². The van der Waals surface area contributed by atoms with E-state index in [4.69, 9.17) is 0 Å². The first-order valence-corrected chi connectivity index (χ1v) is 6.38. The third-order valence-electron chi connectivity index (χ3n) is 3.22. The van der Waals surface area contributed by atoms with Crippen LogP contribution < -0.4 is 0 Å². The van der Waals surface area contributed by atoms with Crippen molar-refractivity contribution in [2.24, 2.45) is 0 Å². The number of ether oxygens (including phenoxy) is 1. The lowest BCUT2D eigenvalue weighted by molar-refractivity contribution is -0.424. The number of nitrogens with zero attached hydrogens (tertiary/aromatic N) is 4. The number of hydrogen-bond acceptors (Lipinski definition) is 7. The molecule has 120 valence electrons. The second kappa shape index (κ2) is 6.22. The van der Waals surface area contributed by atoms with E-state index in [-0.39, 0.29) is 12.2 Å². The molecule has 2 aromatic rings. The molecule has 1 heterocycles. The molecule has 0 unspecified atom stereocenters. The summed E-state index contributed by atoms with van der Waals surface area (Å²) < 4.78 is 5.76. The van der Waals surface area contributed by atoms with Gasteiger partial charge in [-0.2, -0.15) is 4.68 Å². The molecule has 0 fully saturated rings. The van der Waals surface area contributed by atoms with E-state index in [1.807, 2.05) is 0 Å². The lowest BCUT2D eigenvalue weighted by Crippen LogP contribution is -2.06. The summed E-state index contributed by atoms with van der Waals surface area (Å²) in [6.07, 6.45) is 0. The maximum atomic E-state index is 11.3. The number of aromatic nitrogens is 2. The van der Waals surface area contributed by atoms with E-state index in [0.29, 0.717) is 11.1 Å². The summed E-state index contributed by atoms with van der Waals surface area (Å²) in [5.41, 5.74) is 0.485. The minimum Gasteiger partial charge on any atom is -0.465 e. The Labute approximate surface area is 129 Å². The van der Waals surface area contributed by atoms with Crippen LogP contribution in [0.4, 0.5) is 11.5 Å². The summed E-state index contributed by atoms with van der Waals surface area (Å²) in [6, 6.07) is 6.29. The molecule has 2 rings (SSSR count). The van der Waals surface area contributed by atoms with E-state index in [1.54, 1.807) is 12.1 Å². The number of carbonyl (C=O) groups is 1. The smallest absolute Gasteiger partial charge is 0.465 e. The Balaban J connectivity index is 2.33. The van der Waals surface area contributed by atoms with Crippen LogP contribution in [0.3, 0.4) is 0 Å². The molecule has 0 saturated heterocycles. The van der Waals surface area contributed by atoms with Gasteiger partial charge in [0.25, 0.3) is 0 Å². The molecule has 10 heteroatoms. The van der Waals surface area contributed by atoms with E-state index < -0.39 is 27.3 Å². The normalized spacial score (nSPS) is 10.3. The van der Waals surface area contributed by atoms with Crippen LogP contribution in [0.5, 0.6) is 0 Å². The highest BCUT2D eigenvalue weighted by Gasteiger charge is 2.35. The zero-order valence-electron chi connectivity index (χ0n) is 12.3. The van der Waals surface area contributed by atoms with Crippen LogP contribution in [0, 0.1) is 27.2 Å². The standard InChI is InChI=1S/C13H12N4O6/c1-8-11(16(19)20)12(17(21)22)14-15(8)7-9-3-5-10(6-4-9)13(18)23-2/h3-6H,7H2,1-2H3. The Hall–Kier alpha value is -3.30. The summed E-state index contributed by atoms with van der Waals surface area (Å²) in [6.45, 7) is 1.49. The third kappa shape index (κ3) is 3.15. The predicted molar refractivity (Wildman–Crippen MR) is 77.2 cm³/mol. The number of benzene rings is 1. The molecule has 1 aromatic carbocycles. The van der Waals surface area contributed by atoms with Crippen LogP contribution in [0.2, 0.25) is 0 Å². The van der Waals surface area contributed by atoms with E-state index in [1.165, 1.54) is 30.8 Å². The zero-order chi connectivity index (χ0) is 17.1. The Morgan fingerprint density at radius 1 is 1.22 bits per heavy atom. The summed E-state index contributed by atoms with van der Waals surface area (Å²) in [4.78, 5) is 31.5. The summed E-state index contributed by atoms with van der Waals surface area (Å²) in [5.74, 6) is -1.28. The van der Waals surface area contributed by atoms with Gasteiger partial charge in [0.2, 0.25) is 0 Å². The first-order chi connectivity index (χ1) is 10.8. The molecule has 0 aliphatic carbocycles. The Kier molecular flexibility index (Phi) is 4.35. The number of hydrogen-bond donors (Lipinski definition) is 0. The Morgan fingerprint density at radius 2 is 1.83 bits per heavy atom. The molecule has 23 heavy (non-hydrogen) atoms.